The summed E-state index contributed by atoms with van der Waals surface area (Å²) in [5, 5.41) is 10.2. The molecule has 0 aromatic rings. The lowest BCUT2D eigenvalue weighted by atomic mass is 9.44. The zero-order valence-corrected chi connectivity index (χ0v) is 19.0. The normalized spacial score (nSPS) is 50.4. The molecule has 0 saturated heterocycles. The molecule has 0 aliphatic heterocycles. The fourth-order valence-corrected chi connectivity index (χ4v) is 8.96. The number of aliphatic hydroxyl groups is 1. The summed E-state index contributed by atoms with van der Waals surface area (Å²) in [6.45, 7) is 12.3. The predicted octanol–water partition coefficient (Wildman–Crippen LogP) is 6.26. The van der Waals surface area contributed by atoms with E-state index in [0.717, 1.165) is 49.4 Å². The molecule has 4 saturated carbocycles. The van der Waals surface area contributed by atoms with Crippen LogP contribution in [0.4, 0.5) is 0 Å². The minimum atomic E-state index is -0.246. The monoisotopic (exact) mass is 388 g/mol. The summed E-state index contributed by atoms with van der Waals surface area (Å²) in [7, 11) is 0. The van der Waals surface area contributed by atoms with E-state index in [9.17, 15) is 9.90 Å². The minimum absolute atomic E-state index is 0.128. The van der Waals surface area contributed by atoms with Crippen LogP contribution in [0.15, 0.2) is 0 Å². The van der Waals surface area contributed by atoms with Gasteiger partial charge in [-0.25, -0.2) is 0 Å². The smallest absolute Gasteiger partial charge is 0.136 e. The van der Waals surface area contributed by atoms with Gasteiger partial charge in [0.25, 0.3) is 0 Å². The number of aliphatic hydroxyl groups excluding tert-OH is 1. The summed E-state index contributed by atoms with van der Waals surface area (Å²) < 4.78 is 0. The molecule has 0 bridgehead atoms. The molecular formula is C26H44O2. The molecule has 4 aliphatic rings. The van der Waals surface area contributed by atoms with Crippen molar-refractivity contribution in [3.63, 3.8) is 0 Å². The number of rotatable bonds is 4. The van der Waals surface area contributed by atoms with Gasteiger partial charge in [-0.2, -0.15) is 0 Å². The maximum absolute atomic E-state index is 13.2. The molecule has 2 nitrogen and oxygen atoms in total. The number of Topliss-reactive ketones (excluding diaryl/α,β-unsaturated/α-hetero) is 1. The lowest BCUT2D eigenvalue weighted by Gasteiger charge is -2.60. The largest absolute Gasteiger partial charge is 0.393 e. The Kier molecular flexibility index (Phi) is 5.52. The van der Waals surface area contributed by atoms with E-state index in [2.05, 4.69) is 34.6 Å². The number of carbonyl (C=O) groups excluding carboxylic acids is 1. The van der Waals surface area contributed by atoms with Crippen molar-refractivity contribution in [1.29, 1.82) is 0 Å². The van der Waals surface area contributed by atoms with E-state index in [4.69, 9.17) is 0 Å². The molecule has 2 heteroatoms. The lowest BCUT2D eigenvalue weighted by Crippen LogP contribution is -2.57. The molecule has 0 heterocycles. The molecule has 0 unspecified atom stereocenters. The van der Waals surface area contributed by atoms with Gasteiger partial charge in [0.2, 0.25) is 0 Å². The maximum atomic E-state index is 13.2. The van der Waals surface area contributed by atoms with Gasteiger partial charge in [0, 0.05) is 12.3 Å². The van der Waals surface area contributed by atoms with Gasteiger partial charge >= 0.3 is 0 Å². The molecule has 0 aromatic carbocycles. The third-order valence-corrected chi connectivity index (χ3v) is 10.7. The molecule has 4 fully saturated rings. The molecule has 160 valence electrons. The molecular weight excluding hydrogens is 344 g/mol. The number of hydrogen-bond donors (Lipinski definition) is 1. The van der Waals surface area contributed by atoms with Crippen molar-refractivity contribution in [2.24, 2.45) is 52.3 Å². The number of hydrogen-bond acceptors (Lipinski definition) is 2. The van der Waals surface area contributed by atoms with E-state index in [1.165, 1.54) is 38.5 Å². The number of fused-ring (bicyclic) bond motifs is 5. The van der Waals surface area contributed by atoms with Crippen LogP contribution in [0.3, 0.4) is 0 Å². The second-order valence-corrected chi connectivity index (χ2v) is 12.0. The Morgan fingerprint density at radius 1 is 1.04 bits per heavy atom. The summed E-state index contributed by atoms with van der Waals surface area (Å²) in [6.07, 6.45) is 11.3. The van der Waals surface area contributed by atoms with Crippen LogP contribution in [0.25, 0.3) is 0 Å². The van der Waals surface area contributed by atoms with Crippen LogP contribution >= 0.6 is 0 Å². The first-order chi connectivity index (χ1) is 13.2. The standard InChI is InChI=1S/C26H44O2/c1-6-16(2)13-17(3)20-7-8-21-19-15-24(28)23-14-18(27)9-11-26(23,5)22(19)10-12-25(20,21)4/h16-23,27H,6-15H2,1-5H3/t16-,17+,18+,19-,20+,21-,22-,23+,25+,26+/m0/s1. The molecule has 28 heavy (non-hydrogen) atoms. The lowest BCUT2D eigenvalue weighted by molar-refractivity contribution is -0.160. The first kappa shape index (κ1) is 20.9. The van der Waals surface area contributed by atoms with Crippen LogP contribution in [0.1, 0.15) is 98.8 Å². The highest BCUT2D eigenvalue weighted by Gasteiger charge is 2.62. The van der Waals surface area contributed by atoms with Gasteiger partial charge in [0.15, 0.2) is 0 Å². The molecule has 4 aliphatic carbocycles. The maximum Gasteiger partial charge on any atom is 0.136 e. The summed E-state index contributed by atoms with van der Waals surface area (Å²) in [5.74, 6) is 5.19. The fourth-order valence-electron chi connectivity index (χ4n) is 8.96. The number of carbonyl (C=O) groups is 1. The van der Waals surface area contributed by atoms with Gasteiger partial charge in [0.1, 0.15) is 5.78 Å². The van der Waals surface area contributed by atoms with Crippen molar-refractivity contribution in [2.45, 2.75) is 105 Å². The molecule has 10 atom stereocenters. The third-order valence-electron chi connectivity index (χ3n) is 10.7. The summed E-state index contributed by atoms with van der Waals surface area (Å²) >= 11 is 0. The van der Waals surface area contributed by atoms with E-state index in [0.29, 0.717) is 23.0 Å². The van der Waals surface area contributed by atoms with E-state index in [1.807, 2.05) is 0 Å². The van der Waals surface area contributed by atoms with Gasteiger partial charge < -0.3 is 5.11 Å². The predicted molar refractivity (Wildman–Crippen MR) is 115 cm³/mol. The van der Waals surface area contributed by atoms with Crippen LogP contribution in [-0.4, -0.2) is 17.0 Å². The third kappa shape index (κ3) is 3.12. The molecule has 1 N–H and O–H groups in total. The van der Waals surface area contributed by atoms with Gasteiger partial charge in [-0.1, -0.05) is 41.0 Å². The summed E-state index contributed by atoms with van der Waals surface area (Å²) in [6, 6.07) is 0. The first-order valence-electron chi connectivity index (χ1n) is 12.4. The molecule has 0 amide bonds. The molecule has 4 rings (SSSR count). The van der Waals surface area contributed by atoms with Gasteiger partial charge in [-0.3, -0.25) is 4.79 Å². The van der Waals surface area contributed by atoms with Crippen LogP contribution in [0, 0.1) is 52.3 Å². The zero-order chi connectivity index (χ0) is 20.3. The van der Waals surface area contributed by atoms with Gasteiger partial charge in [0.05, 0.1) is 6.10 Å². The average molecular weight is 389 g/mol. The second-order valence-electron chi connectivity index (χ2n) is 12.0. The Labute approximate surface area is 173 Å². The van der Waals surface area contributed by atoms with Crippen LogP contribution in [-0.2, 0) is 4.79 Å². The summed E-state index contributed by atoms with van der Waals surface area (Å²) in [4.78, 5) is 13.2. The molecule has 0 radical (unpaired) electrons. The van der Waals surface area contributed by atoms with Crippen LogP contribution < -0.4 is 0 Å². The number of ketones is 1. The average Bonchev–Trinajstić information content (AvgIpc) is 3.00. The van der Waals surface area contributed by atoms with Crippen LogP contribution in [0.5, 0.6) is 0 Å². The first-order valence-corrected chi connectivity index (χ1v) is 12.4. The Morgan fingerprint density at radius 2 is 1.71 bits per heavy atom. The van der Waals surface area contributed by atoms with Crippen LogP contribution in [0.2, 0.25) is 0 Å². The van der Waals surface area contributed by atoms with E-state index < -0.39 is 0 Å². The summed E-state index contributed by atoms with van der Waals surface area (Å²) in [5.41, 5.74) is 0.604. The van der Waals surface area contributed by atoms with Crippen molar-refractivity contribution in [2.75, 3.05) is 0 Å². The van der Waals surface area contributed by atoms with Gasteiger partial charge in [-0.15, -0.1) is 0 Å². The molecule has 0 aromatic heterocycles. The van der Waals surface area contributed by atoms with E-state index >= 15 is 0 Å². The molecule has 0 spiro atoms. The van der Waals surface area contributed by atoms with E-state index in [-0.39, 0.29) is 17.4 Å². The zero-order valence-electron chi connectivity index (χ0n) is 19.0. The van der Waals surface area contributed by atoms with Gasteiger partial charge in [-0.05, 0) is 97.7 Å². The van der Waals surface area contributed by atoms with Crippen molar-refractivity contribution in [3.05, 3.63) is 0 Å². The van der Waals surface area contributed by atoms with Crippen molar-refractivity contribution in [1.82, 2.24) is 0 Å². The van der Waals surface area contributed by atoms with Crippen molar-refractivity contribution < 1.29 is 9.90 Å². The highest BCUT2D eigenvalue weighted by molar-refractivity contribution is 5.83. The minimum Gasteiger partial charge on any atom is -0.393 e. The van der Waals surface area contributed by atoms with Crippen molar-refractivity contribution in [3.8, 4) is 0 Å². The Balaban J connectivity index is 1.56. The topological polar surface area (TPSA) is 37.3 Å². The highest BCUT2D eigenvalue weighted by atomic mass is 16.3. The Bertz CT molecular complexity index is 599. The fraction of sp³-hybridized carbons (Fsp3) is 0.962. The highest BCUT2D eigenvalue weighted by Crippen LogP contribution is 2.67. The SMILES string of the molecule is CC[C@H](C)C[C@@H](C)[C@H]1CC[C@H]2[C@@H]3CC(=O)[C@H]4C[C@H](O)CC[C@]4(C)[C@H]3CC[C@]12C. The second kappa shape index (κ2) is 7.40. The Hall–Kier alpha value is -0.370. The van der Waals surface area contributed by atoms with Crippen molar-refractivity contribution >= 4 is 5.78 Å². The Morgan fingerprint density at radius 3 is 2.43 bits per heavy atom. The van der Waals surface area contributed by atoms with E-state index in [1.54, 1.807) is 0 Å². The quantitative estimate of drug-likeness (QED) is 0.617.